The van der Waals surface area contributed by atoms with Gasteiger partial charge in [-0.1, -0.05) is 24.3 Å². The quantitative estimate of drug-likeness (QED) is 0.685. The van der Waals surface area contributed by atoms with E-state index in [2.05, 4.69) is 25.7 Å². The number of aryl methyl sites for hydroxylation is 1. The number of nitrogens with zero attached hydrogens (tertiary/aromatic N) is 4. The van der Waals surface area contributed by atoms with E-state index in [-0.39, 0.29) is 0 Å². The van der Waals surface area contributed by atoms with Gasteiger partial charge in [-0.15, -0.1) is 20.4 Å². The second-order valence-corrected chi connectivity index (χ2v) is 4.59. The van der Waals surface area contributed by atoms with Crippen molar-refractivity contribution in [2.75, 3.05) is 5.32 Å². The SMILES string of the molecule is Cc1nnc(NCc2ccc(CC(N)C(=O)O)cc2)nn1. The van der Waals surface area contributed by atoms with Gasteiger partial charge in [-0.3, -0.25) is 4.79 Å². The number of rotatable bonds is 6. The summed E-state index contributed by atoms with van der Waals surface area (Å²) in [5.41, 5.74) is 7.38. The molecule has 0 saturated heterocycles. The average Bonchev–Trinajstić information content (AvgIpc) is 2.48. The van der Waals surface area contributed by atoms with Crippen molar-refractivity contribution in [2.45, 2.75) is 25.9 Å². The van der Waals surface area contributed by atoms with Gasteiger partial charge in [0.05, 0.1) is 0 Å². The zero-order chi connectivity index (χ0) is 15.2. The molecule has 0 amide bonds. The fourth-order valence-electron chi connectivity index (χ4n) is 1.67. The Morgan fingerprint density at radius 2 is 1.76 bits per heavy atom. The van der Waals surface area contributed by atoms with Gasteiger partial charge in [-0.05, 0) is 24.5 Å². The lowest BCUT2D eigenvalue weighted by Gasteiger charge is -2.08. The molecule has 110 valence electrons. The molecule has 1 aromatic carbocycles. The third kappa shape index (κ3) is 4.46. The van der Waals surface area contributed by atoms with Crippen LogP contribution in [0.4, 0.5) is 5.95 Å². The van der Waals surface area contributed by atoms with Crippen molar-refractivity contribution in [3.05, 3.63) is 41.2 Å². The number of nitrogens with two attached hydrogens (primary N) is 1. The Bertz CT molecular complexity index is 599. The number of aliphatic carboxylic acids is 1. The lowest BCUT2D eigenvalue weighted by molar-refractivity contribution is -0.138. The maximum atomic E-state index is 10.7. The van der Waals surface area contributed by atoms with E-state index in [1.807, 2.05) is 24.3 Å². The minimum Gasteiger partial charge on any atom is -0.480 e. The maximum Gasteiger partial charge on any atom is 0.320 e. The third-order valence-electron chi connectivity index (χ3n) is 2.83. The van der Waals surface area contributed by atoms with E-state index >= 15 is 0 Å². The van der Waals surface area contributed by atoms with Gasteiger partial charge in [0.2, 0.25) is 0 Å². The fraction of sp³-hybridized carbons (Fsp3) is 0.308. The molecule has 8 nitrogen and oxygen atoms in total. The van der Waals surface area contributed by atoms with E-state index in [0.29, 0.717) is 24.7 Å². The average molecular weight is 288 g/mol. The number of anilines is 1. The van der Waals surface area contributed by atoms with Crippen LogP contribution in [0.25, 0.3) is 0 Å². The molecule has 0 spiro atoms. The van der Waals surface area contributed by atoms with Crippen LogP contribution in [0.5, 0.6) is 0 Å². The first kappa shape index (κ1) is 14.8. The molecular formula is C13H16N6O2. The summed E-state index contributed by atoms with van der Waals surface area (Å²) >= 11 is 0. The Balaban J connectivity index is 1.90. The van der Waals surface area contributed by atoms with Crippen LogP contribution in [-0.2, 0) is 17.8 Å². The minimum absolute atomic E-state index is 0.304. The van der Waals surface area contributed by atoms with Gasteiger partial charge in [0.15, 0.2) is 5.82 Å². The molecule has 2 rings (SSSR count). The number of carboxylic acid groups (broad SMARTS) is 1. The summed E-state index contributed by atoms with van der Waals surface area (Å²) in [5, 5.41) is 27.1. The van der Waals surface area contributed by atoms with Crippen molar-refractivity contribution in [1.82, 2.24) is 20.4 Å². The molecule has 21 heavy (non-hydrogen) atoms. The fourth-order valence-corrected chi connectivity index (χ4v) is 1.67. The molecule has 2 aromatic rings. The summed E-state index contributed by atoms with van der Waals surface area (Å²) in [4.78, 5) is 10.7. The van der Waals surface area contributed by atoms with Crippen molar-refractivity contribution in [1.29, 1.82) is 0 Å². The first-order valence-corrected chi connectivity index (χ1v) is 6.38. The highest BCUT2D eigenvalue weighted by Gasteiger charge is 2.11. The molecule has 0 aliphatic carbocycles. The van der Waals surface area contributed by atoms with Gasteiger partial charge in [-0.2, -0.15) is 0 Å². The monoisotopic (exact) mass is 288 g/mol. The predicted octanol–water partition coefficient (Wildman–Crippen LogP) is 0.142. The lowest BCUT2D eigenvalue weighted by Crippen LogP contribution is -2.32. The molecule has 4 N–H and O–H groups in total. The van der Waals surface area contributed by atoms with Crippen LogP contribution in [0, 0.1) is 6.92 Å². The van der Waals surface area contributed by atoms with Gasteiger partial charge in [0.1, 0.15) is 6.04 Å². The summed E-state index contributed by atoms with van der Waals surface area (Å²) in [6, 6.07) is 6.61. The first-order chi connectivity index (χ1) is 10.0. The zero-order valence-corrected chi connectivity index (χ0v) is 11.5. The largest absolute Gasteiger partial charge is 0.480 e. The van der Waals surface area contributed by atoms with E-state index in [4.69, 9.17) is 10.8 Å². The van der Waals surface area contributed by atoms with Gasteiger partial charge < -0.3 is 16.2 Å². The van der Waals surface area contributed by atoms with Crippen LogP contribution in [-0.4, -0.2) is 37.5 Å². The van der Waals surface area contributed by atoms with Crippen LogP contribution in [0.3, 0.4) is 0 Å². The van der Waals surface area contributed by atoms with E-state index in [1.165, 1.54) is 0 Å². The Hall–Kier alpha value is -2.61. The standard InChI is InChI=1S/C13H16N6O2/c1-8-16-18-13(19-17-8)15-7-10-4-2-9(3-5-10)6-11(14)12(20)21/h2-5,11H,6-7,14H2,1H3,(H,20,21)(H,15,18,19). The van der Waals surface area contributed by atoms with Crippen molar-refractivity contribution in [3.8, 4) is 0 Å². The van der Waals surface area contributed by atoms with E-state index in [1.54, 1.807) is 6.92 Å². The molecule has 8 heteroatoms. The molecule has 1 heterocycles. The molecule has 0 aliphatic rings. The maximum absolute atomic E-state index is 10.7. The Kier molecular flexibility index (Phi) is 4.72. The normalized spacial score (nSPS) is 11.9. The molecule has 0 saturated carbocycles. The first-order valence-electron chi connectivity index (χ1n) is 6.38. The Labute approximate surface area is 121 Å². The highest BCUT2D eigenvalue weighted by molar-refractivity contribution is 5.73. The molecule has 0 aliphatic heterocycles. The van der Waals surface area contributed by atoms with Crippen molar-refractivity contribution >= 4 is 11.9 Å². The molecular weight excluding hydrogens is 272 g/mol. The number of carbonyl (C=O) groups is 1. The molecule has 1 atom stereocenters. The Morgan fingerprint density at radius 1 is 1.19 bits per heavy atom. The van der Waals surface area contributed by atoms with E-state index < -0.39 is 12.0 Å². The van der Waals surface area contributed by atoms with Gasteiger partial charge >= 0.3 is 5.97 Å². The van der Waals surface area contributed by atoms with Gasteiger partial charge in [0, 0.05) is 6.54 Å². The Morgan fingerprint density at radius 3 is 2.33 bits per heavy atom. The van der Waals surface area contributed by atoms with Crippen molar-refractivity contribution in [3.63, 3.8) is 0 Å². The predicted molar refractivity (Wildman–Crippen MR) is 75.4 cm³/mol. The number of aromatic nitrogens is 4. The minimum atomic E-state index is -1.00. The number of hydrogen-bond acceptors (Lipinski definition) is 7. The van der Waals surface area contributed by atoms with E-state index in [9.17, 15) is 4.79 Å². The van der Waals surface area contributed by atoms with Crippen LogP contribution < -0.4 is 11.1 Å². The highest BCUT2D eigenvalue weighted by atomic mass is 16.4. The molecule has 1 unspecified atom stereocenters. The number of benzene rings is 1. The summed E-state index contributed by atoms with van der Waals surface area (Å²) < 4.78 is 0. The van der Waals surface area contributed by atoms with Crippen LogP contribution in [0.2, 0.25) is 0 Å². The molecule has 0 bridgehead atoms. The highest BCUT2D eigenvalue weighted by Crippen LogP contribution is 2.08. The number of hydrogen-bond donors (Lipinski definition) is 3. The third-order valence-corrected chi connectivity index (χ3v) is 2.83. The zero-order valence-electron chi connectivity index (χ0n) is 11.5. The number of carboxylic acids is 1. The number of nitrogens with one attached hydrogen (secondary N) is 1. The van der Waals surface area contributed by atoms with Crippen LogP contribution in [0.1, 0.15) is 17.0 Å². The molecule has 1 aromatic heterocycles. The van der Waals surface area contributed by atoms with Gasteiger partial charge in [0.25, 0.3) is 5.95 Å². The second kappa shape index (κ2) is 6.71. The lowest BCUT2D eigenvalue weighted by atomic mass is 10.0. The van der Waals surface area contributed by atoms with Crippen molar-refractivity contribution in [2.24, 2.45) is 5.73 Å². The van der Waals surface area contributed by atoms with Crippen LogP contribution in [0.15, 0.2) is 24.3 Å². The second-order valence-electron chi connectivity index (χ2n) is 4.59. The van der Waals surface area contributed by atoms with Gasteiger partial charge in [-0.25, -0.2) is 0 Å². The molecule has 0 fully saturated rings. The summed E-state index contributed by atoms with van der Waals surface area (Å²) in [5.74, 6) is -0.130. The topological polar surface area (TPSA) is 127 Å². The molecule has 0 radical (unpaired) electrons. The summed E-state index contributed by atoms with van der Waals surface area (Å²) in [7, 11) is 0. The summed E-state index contributed by atoms with van der Waals surface area (Å²) in [6.07, 6.45) is 0.304. The smallest absolute Gasteiger partial charge is 0.320 e. The van der Waals surface area contributed by atoms with Crippen LogP contribution >= 0.6 is 0 Å². The van der Waals surface area contributed by atoms with Crippen molar-refractivity contribution < 1.29 is 9.90 Å². The van der Waals surface area contributed by atoms with E-state index in [0.717, 1.165) is 11.1 Å². The summed E-state index contributed by atoms with van der Waals surface area (Å²) in [6.45, 7) is 2.24.